The molecule has 1 amide bonds. The Labute approximate surface area is 156 Å². The van der Waals surface area contributed by atoms with E-state index in [9.17, 15) is 13.2 Å². The third kappa shape index (κ3) is 4.38. The van der Waals surface area contributed by atoms with Crippen molar-refractivity contribution < 1.29 is 13.2 Å². The average Bonchev–Trinajstić information content (AvgIpc) is 2.84. The number of aryl methyl sites for hydroxylation is 1. The van der Waals surface area contributed by atoms with E-state index in [4.69, 9.17) is 0 Å². The topological polar surface area (TPSA) is 69.7 Å². The van der Waals surface area contributed by atoms with Gasteiger partial charge in [0, 0.05) is 31.9 Å². The summed E-state index contributed by atoms with van der Waals surface area (Å²) in [6.45, 7) is 9.88. The van der Waals surface area contributed by atoms with Crippen molar-refractivity contribution in [1.29, 1.82) is 0 Å². The molecule has 2 saturated heterocycles. The molecule has 3 rings (SSSR count). The lowest BCUT2D eigenvalue weighted by Gasteiger charge is -2.37. The number of sulfone groups is 1. The van der Waals surface area contributed by atoms with Crippen molar-refractivity contribution in [2.75, 3.05) is 49.1 Å². The van der Waals surface area contributed by atoms with Gasteiger partial charge in [0.05, 0.1) is 23.6 Å². The second kappa shape index (κ2) is 7.19. The standard InChI is InChI=1S/C19H29N3O3S/c1-15-5-4-6-17(16(15)2)22-10-8-21(9-11-22)13-18(23)20-19(3)7-12-26(24,25)14-19/h4-6H,7-14H2,1-3H3,(H,20,23). The number of nitrogens with zero attached hydrogens (tertiary/aromatic N) is 2. The fourth-order valence-electron chi connectivity index (χ4n) is 3.91. The predicted octanol–water partition coefficient (Wildman–Crippen LogP) is 1.12. The van der Waals surface area contributed by atoms with Crippen LogP contribution in [0.15, 0.2) is 18.2 Å². The lowest BCUT2D eigenvalue weighted by atomic mass is 10.0. The smallest absolute Gasteiger partial charge is 0.234 e. The zero-order chi connectivity index (χ0) is 18.9. The molecule has 0 saturated carbocycles. The molecule has 2 aliphatic heterocycles. The molecule has 2 heterocycles. The summed E-state index contributed by atoms with van der Waals surface area (Å²) in [5.74, 6) is 0.134. The maximum Gasteiger partial charge on any atom is 0.234 e. The van der Waals surface area contributed by atoms with Gasteiger partial charge in [0.2, 0.25) is 5.91 Å². The minimum absolute atomic E-state index is 0.0478. The largest absolute Gasteiger partial charge is 0.369 e. The molecule has 1 aromatic carbocycles. The van der Waals surface area contributed by atoms with Gasteiger partial charge in [-0.1, -0.05) is 12.1 Å². The van der Waals surface area contributed by atoms with Crippen molar-refractivity contribution in [3.8, 4) is 0 Å². The lowest BCUT2D eigenvalue weighted by Crippen LogP contribution is -2.53. The molecule has 0 aromatic heterocycles. The average molecular weight is 380 g/mol. The van der Waals surface area contributed by atoms with E-state index in [1.54, 1.807) is 0 Å². The van der Waals surface area contributed by atoms with Crippen LogP contribution in [0.25, 0.3) is 0 Å². The minimum Gasteiger partial charge on any atom is -0.369 e. The molecular weight excluding hydrogens is 350 g/mol. The van der Waals surface area contributed by atoms with Gasteiger partial charge < -0.3 is 10.2 Å². The highest BCUT2D eigenvalue weighted by atomic mass is 32.2. The summed E-state index contributed by atoms with van der Waals surface area (Å²) in [6, 6.07) is 6.38. The molecule has 0 radical (unpaired) electrons. The Morgan fingerprint density at radius 3 is 2.50 bits per heavy atom. The van der Waals surface area contributed by atoms with Crippen LogP contribution >= 0.6 is 0 Å². The quantitative estimate of drug-likeness (QED) is 0.849. The van der Waals surface area contributed by atoms with E-state index in [0.717, 1.165) is 26.2 Å². The number of carbonyl (C=O) groups is 1. The van der Waals surface area contributed by atoms with Gasteiger partial charge in [-0.25, -0.2) is 8.42 Å². The molecular formula is C19H29N3O3S. The Hall–Kier alpha value is -1.60. The summed E-state index contributed by atoms with van der Waals surface area (Å²) in [7, 11) is -3.01. The zero-order valence-electron chi connectivity index (χ0n) is 15.9. The summed E-state index contributed by atoms with van der Waals surface area (Å²) >= 11 is 0. The first-order valence-electron chi connectivity index (χ1n) is 9.22. The molecule has 26 heavy (non-hydrogen) atoms. The highest BCUT2D eigenvalue weighted by Crippen LogP contribution is 2.24. The monoisotopic (exact) mass is 379 g/mol. The maximum absolute atomic E-state index is 12.4. The van der Waals surface area contributed by atoms with E-state index < -0.39 is 15.4 Å². The number of amides is 1. The Morgan fingerprint density at radius 1 is 1.19 bits per heavy atom. The Bertz CT molecular complexity index is 785. The molecule has 0 bridgehead atoms. The van der Waals surface area contributed by atoms with Crippen molar-refractivity contribution in [1.82, 2.24) is 10.2 Å². The van der Waals surface area contributed by atoms with E-state index in [1.807, 2.05) is 6.92 Å². The van der Waals surface area contributed by atoms with Crippen LogP contribution in [0.4, 0.5) is 5.69 Å². The summed E-state index contributed by atoms with van der Waals surface area (Å²) in [5.41, 5.74) is 3.27. The molecule has 144 valence electrons. The Kier molecular flexibility index (Phi) is 5.30. The second-order valence-electron chi connectivity index (χ2n) is 7.93. The summed E-state index contributed by atoms with van der Waals surface area (Å²) in [5, 5.41) is 2.94. The van der Waals surface area contributed by atoms with E-state index in [1.165, 1.54) is 16.8 Å². The van der Waals surface area contributed by atoms with E-state index in [-0.39, 0.29) is 17.4 Å². The molecule has 0 aliphatic carbocycles. The molecule has 1 aromatic rings. The van der Waals surface area contributed by atoms with Crippen molar-refractivity contribution in [2.24, 2.45) is 0 Å². The van der Waals surface area contributed by atoms with E-state index >= 15 is 0 Å². The second-order valence-corrected chi connectivity index (χ2v) is 10.1. The van der Waals surface area contributed by atoms with Gasteiger partial charge >= 0.3 is 0 Å². The molecule has 2 aliphatic rings. The van der Waals surface area contributed by atoms with Gasteiger partial charge in [-0.05, 0) is 44.4 Å². The number of rotatable bonds is 4. The molecule has 2 fully saturated rings. The van der Waals surface area contributed by atoms with Crippen LogP contribution in [-0.4, -0.2) is 69.0 Å². The van der Waals surface area contributed by atoms with E-state index in [0.29, 0.717) is 13.0 Å². The van der Waals surface area contributed by atoms with Crippen LogP contribution in [0.3, 0.4) is 0 Å². The van der Waals surface area contributed by atoms with Gasteiger partial charge in [-0.15, -0.1) is 0 Å². The highest BCUT2D eigenvalue weighted by molar-refractivity contribution is 7.91. The first-order chi connectivity index (χ1) is 12.2. The van der Waals surface area contributed by atoms with Crippen LogP contribution in [-0.2, 0) is 14.6 Å². The number of carbonyl (C=O) groups excluding carboxylic acids is 1. The van der Waals surface area contributed by atoms with Crippen LogP contribution < -0.4 is 10.2 Å². The van der Waals surface area contributed by atoms with E-state index in [2.05, 4.69) is 47.2 Å². The van der Waals surface area contributed by atoms with Gasteiger partial charge in [0.1, 0.15) is 0 Å². The summed E-state index contributed by atoms with van der Waals surface area (Å²) in [6.07, 6.45) is 0.501. The first kappa shape index (κ1) is 19.2. The number of hydrogen-bond acceptors (Lipinski definition) is 5. The molecule has 0 spiro atoms. The van der Waals surface area contributed by atoms with Crippen LogP contribution in [0, 0.1) is 13.8 Å². The van der Waals surface area contributed by atoms with Gasteiger partial charge in [-0.3, -0.25) is 9.69 Å². The number of anilines is 1. The number of benzene rings is 1. The molecule has 7 heteroatoms. The van der Waals surface area contributed by atoms with Crippen molar-refractivity contribution in [3.63, 3.8) is 0 Å². The maximum atomic E-state index is 12.4. The predicted molar refractivity (Wildman–Crippen MR) is 104 cm³/mol. The fourth-order valence-corrected chi connectivity index (χ4v) is 6.01. The third-order valence-electron chi connectivity index (χ3n) is 5.60. The van der Waals surface area contributed by atoms with Crippen molar-refractivity contribution in [3.05, 3.63) is 29.3 Å². The normalized spacial score (nSPS) is 26.0. The highest BCUT2D eigenvalue weighted by Gasteiger charge is 2.39. The number of piperazine rings is 1. The zero-order valence-corrected chi connectivity index (χ0v) is 16.7. The lowest BCUT2D eigenvalue weighted by molar-refractivity contribution is -0.123. The van der Waals surface area contributed by atoms with Crippen molar-refractivity contribution in [2.45, 2.75) is 32.7 Å². The molecule has 1 N–H and O–H groups in total. The Morgan fingerprint density at radius 2 is 1.88 bits per heavy atom. The Balaban J connectivity index is 1.51. The molecule has 6 nitrogen and oxygen atoms in total. The summed E-state index contributed by atoms with van der Waals surface area (Å²) in [4.78, 5) is 16.9. The number of hydrogen-bond donors (Lipinski definition) is 1. The number of nitrogens with one attached hydrogen (secondary N) is 1. The third-order valence-corrected chi connectivity index (χ3v) is 7.50. The van der Waals surface area contributed by atoms with Crippen LogP contribution in [0.1, 0.15) is 24.5 Å². The molecule has 1 atom stereocenters. The van der Waals surface area contributed by atoms with Gasteiger partial charge in [0.15, 0.2) is 9.84 Å². The SMILES string of the molecule is Cc1cccc(N2CCN(CC(=O)NC3(C)CCS(=O)(=O)C3)CC2)c1C. The summed E-state index contributed by atoms with van der Waals surface area (Å²) < 4.78 is 23.3. The van der Waals surface area contributed by atoms with Crippen LogP contribution in [0.2, 0.25) is 0 Å². The van der Waals surface area contributed by atoms with Crippen molar-refractivity contribution >= 4 is 21.4 Å². The minimum atomic E-state index is -3.01. The molecule has 1 unspecified atom stereocenters. The van der Waals surface area contributed by atoms with Gasteiger partial charge in [0.25, 0.3) is 0 Å². The van der Waals surface area contributed by atoms with Crippen LogP contribution in [0.5, 0.6) is 0 Å². The fraction of sp³-hybridized carbons (Fsp3) is 0.632. The first-order valence-corrected chi connectivity index (χ1v) is 11.0. The van der Waals surface area contributed by atoms with Gasteiger partial charge in [-0.2, -0.15) is 0 Å².